The number of hydrogen-bond acceptors (Lipinski definition) is 3. The first-order valence-electron chi connectivity index (χ1n) is 8.19. The van der Waals surface area contributed by atoms with Crippen LogP contribution in [-0.2, 0) is 9.59 Å². The number of hydrogen-bond donors (Lipinski definition) is 2. The predicted molar refractivity (Wildman–Crippen MR) is 81.0 cm³/mol. The van der Waals surface area contributed by atoms with Crippen molar-refractivity contribution in [3.05, 3.63) is 0 Å². The molecule has 0 aromatic rings. The summed E-state index contributed by atoms with van der Waals surface area (Å²) in [7, 11) is 2.11. The third kappa shape index (κ3) is 4.70. The molecule has 0 bridgehead atoms. The Hall–Kier alpha value is -1.10. The quantitative estimate of drug-likeness (QED) is 0.786. The van der Waals surface area contributed by atoms with Gasteiger partial charge in [-0.2, -0.15) is 0 Å². The maximum atomic E-state index is 12.2. The number of carboxylic acid groups (broad SMARTS) is 1. The van der Waals surface area contributed by atoms with Crippen molar-refractivity contribution in [1.29, 1.82) is 0 Å². The summed E-state index contributed by atoms with van der Waals surface area (Å²) in [6, 6.07) is 0.432. The van der Waals surface area contributed by atoms with Gasteiger partial charge in [-0.25, -0.2) is 0 Å². The molecule has 5 nitrogen and oxygen atoms in total. The number of rotatable bonds is 6. The zero-order chi connectivity index (χ0) is 15.3. The monoisotopic (exact) mass is 296 g/mol. The molecule has 5 heteroatoms. The van der Waals surface area contributed by atoms with E-state index in [9.17, 15) is 9.59 Å². The Labute approximate surface area is 127 Å². The fraction of sp³-hybridized carbons (Fsp3) is 0.875. The van der Waals surface area contributed by atoms with Gasteiger partial charge in [0.2, 0.25) is 5.91 Å². The van der Waals surface area contributed by atoms with Gasteiger partial charge in [0.1, 0.15) is 0 Å². The van der Waals surface area contributed by atoms with Crippen LogP contribution in [0.1, 0.15) is 57.8 Å². The van der Waals surface area contributed by atoms with Crippen molar-refractivity contribution in [2.24, 2.45) is 5.41 Å². The number of likely N-dealkylation sites (N-methyl/N-ethyl adjacent to an activating group) is 1. The zero-order valence-corrected chi connectivity index (χ0v) is 13.1. The van der Waals surface area contributed by atoms with E-state index in [1.807, 2.05) is 0 Å². The van der Waals surface area contributed by atoms with Crippen molar-refractivity contribution in [3.8, 4) is 0 Å². The van der Waals surface area contributed by atoms with E-state index >= 15 is 0 Å². The average molecular weight is 296 g/mol. The topological polar surface area (TPSA) is 69.6 Å². The smallest absolute Gasteiger partial charge is 0.303 e. The Bertz CT molecular complexity index is 378. The second kappa shape index (κ2) is 7.25. The van der Waals surface area contributed by atoms with E-state index in [1.165, 1.54) is 12.8 Å². The Morgan fingerprint density at radius 1 is 1.19 bits per heavy atom. The molecule has 0 spiro atoms. The van der Waals surface area contributed by atoms with Crippen LogP contribution in [0.2, 0.25) is 0 Å². The van der Waals surface area contributed by atoms with Gasteiger partial charge in [-0.3, -0.25) is 9.59 Å². The lowest BCUT2D eigenvalue weighted by molar-refractivity contribution is -0.140. The number of likely N-dealkylation sites (tertiary alicyclic amines) is 1. The van der Waals surface area contributed by atoms with E-state index in [4.69, 9.17) is 5.11 Å². The summed E-state index contributed by atoms with van der Waals surface area (Å²) in [5.74, 6) is -0.756. The molecule has 0 radical (unpaired) electrons. The van der Waals surface area contributed by atoms with Gasteiger partial charge in [-0.15, -0.1) is 0 Å². The van der Waals surface area contributed by atoms with E-state index in [0.29, 0.717) is 19.0 Å². The van der Waals surface area contributed by atoms with Crippen molar-refractivity contribution >= 4 is 11.9 Å². The minimum Gasteiger partial charge on any atom is -0.481 e. The van der Waals surface area contributed by atoms with Crippen molar-refractivity contribution in [1.82, 2.24) is 10.2 Å². The molecule has 2 fully saturated rings. The van der Waals surface area contributed by atoms with Crippen molar-refractivity contribution < 1.29 is 14.7 Å². The highest BCUT2D eigenvalue weighted by atomic mass is 16.4. The third-order valence-corrected chi connectivity index (χ3v) is 5.18. The number of nitrogens with zero attached hydrogens (tertiary/aromatic N) is 1. The SMILES string of the molecule is CN1CCCCC1CNC(=O)CC1(CC(=O)O)CCCC1. The summed E-state index contributed by atoms with van der Waals surface area (Å²) >= 11 is 0. The van der Waals surface area contributed by atoms with Gasteiger partial charge in [0, 0.05) is 19.0 Å². The van der Waals surface area contributed by atoms with Gasteiger partial charge in [0.15, 0.2) is 0 Å². The molecule has 1 atom stereocenters. The molecule has 1 saturated heterocycles. The molecule has 1 saturated carbocycles. The molecule has 21 heavy (non-hydrogen) atoms. The molecule has 120 valence electrons. The standard InChI is InChI=1S/C16H28N2O3/c1-18-9-5-2-6-13(18)12-17-14(19)10-16(11-15(20)21)7-3-4-8-16/h13H,2-12H2,1H3,(H,17,19)(H,20,21). The van der Waals surface area contributed by atoms with Crippen LogP contribution in [-0.4, -0.2) is 48.1 Å². The molecule has 1 aliphatic carbocycles. The highest BCUT2D eigenvalue weighted by molar-refractivity contribution is 5.78. The fourth-order valence-corrected chi connectivity index (χ4v) is 3.90. The normalized spacial score (nSPS) is 25.7. The Kier molecular flexibility index (Phi) is 5.62. The van der Waals surface area contributed by atoms with E-state index in [-0.39, 0.29) is 17.7 Å². The maximum Gasteiger partial charge on any atom is 0.303 e. The zero-order valence-electron chi connectivity index (χ0n) is 13.1. The van der Waals surface area contributed by atoms with Gasteiger partial charge < -0.3 is 15.3 Å². The molecule has 1 heterocycles. The van der Waals surface area contributed by atoms with Crippen molar-refractivity contribution in [2.75, 3.05) is 20.1 Å². The van der Waals surface area contributed by atoms with Crippen LogP contribution >= 0.6 is 0 Å². The number of carbonyl (C=O) groups excluding carboxylic acids is 1. The highest BCUT2D eigenvalue weighted by Gasteiger charge is 2.38. The van der Waals surface area contributed by atoms with Crippen LogP contribution in [0.15, 0.2) is 0 Å². The summed E-state index contributed by atoms with van der Waals surface area (Å²) in [5, 5.41) is 12.1. The van der Waals surface area contributed by atoms with Crippen LogP contribution in [0, 0.1) is 5.41 Å². The van der Waals surface area contributed by atoms with Crippen LogP contribution in [0.3, 0.4) is 0 Å². The lowest BCUT2D eigenvalue weighted by Crippen LogP contribution is -2.45. The lowest BCUT2D eigenvalue weighted by atomic mass is 9.79. The minimum absolute atomic E-state index is 0.0251. The number of carbonyl (C=O) groups is 2. The molecule has 2 aliphatic rings. The van der Waals surface area contributed by atoms with Gasteiger partial charge in [-0.1, -0.05) is 19.3 Å². The van der Waals surface area contributed by atoms with E-state index in [0.717, 1.165) is 38.6 Å². The fourth-order valence-electron chi connectivity index (χ4n) is 3.90. The van der Waals surface area contributed by atoms with E-state index < -0.39 is 5.97 Å². The van der Waals surface area contributed by atoms with E-state index in [2.05, 4.69) is 17.3 Å². The Morgan fingerprint density at radius 3 is 2.52 bits per heavy atom. The summed E-state index contributed by atoms with van der Waals surface area (Å²) in [6.07, 6.45) is 7.94. The first-order valence-corrected chi connectivity index (χ1v) is 8.19. The van der Waals surface area contributed by atoms with Gasteiger partial charge >= 0.3 is 5.97 Å². The van der Waals surface area contributed by atoms with Gasteiger partial charge in [0.05, 0.1) is 6.42 Å². The third-order valence-electron chi connectivity index (χ3n) is 5.18. The molecule has 1 amide bonds. The van der Waals surface area contributed by atoms with Crippen molar-refractivity contribution in [3.63, 3.8) is 0 Å². The van der Waals surface area contributed by atoms with Gasteiger partial charge in [0.25, 0.3) is 0 Å². The highest BCUT2D eigenvalue weighted by Crippen LogP contribution is 2.43. The summed E-state index contributed by atoms with van der Waals surface area (Å²) in [5.41, 5.74) is -0.297. The number of nitrogens with one attached hydrogen (secondary N) is 1. The molecule has 2 rings (SSSR count). The summed E-state index contributed by atoms with van der Waals surface area (Å²) < 4.78 is 0. The maximum absolute atomic E-state index is 12.2. The number of aliphatic carboxylic acids is 1. The molecular weight excluding hydrogens is 268 g/mol. The Balaban J connectivity index is 1.80. The molecule has 0 aromatic carbocycles. The lowest BCUT2D eigenvalue weighted by Gasteiger charge is -2.33. The second-order valence-corrected chi connectivity index (χ2v) is 6.89. The van der Waals surface area contributed by atoms with Crippen LogP contribution in [0.5, 0.6) is 0 Å². The number of piperidine rings is 1. The molecular formula is C16H28N2O3. The van der Waals surface area contributed by atoms with Crippen LogP contribution in [0.25, 0.3) is 0 Å². The molecule has 1 unspecified atom stereocenters. The van der Waals surface area contributed by atoms with Gasteiger partial charge in [-0.05, 0) is 44.7 Å². The molecule has 2 N–H and O–H groups in total. The summed E-state index contributed by atoms with van der Waals surface area (Å²) in [6.45, 7) is 1.79. The van der Waals surface area contributed by atoms with Crippen LogP contribution < -0.4 is 5.32 Å². The largest absolute Gasteiger partial charge is 0.481 e. The molecule has 0 aromatic heterocycles. The Morgan fingerprint density at radius 2 is 1.90 bits per heavy atom. The van der Waals surface area contributed by atoms with Crippen LogP contribution in [0.4, 0.5) is 0 Å². The second-order valence-electron chi connectivity index (χ2n) is 6.89. The predicted octanol–water partition coefficient (Wildman–Crippen LogP) is 2.01. The molecule has 1 aliphatic heterocycles. The first kappa shape index (κ1) is 16.3. The minimum atomic E-state index is -0.781. The number of amides is 1. The van der Waals surface area contributed by atoms with E-state index in [1.54, 1.807) is 0 Å². The van der Waals surface area contributed by atoms with Crippen molar-refractivity contribution in [2.45, 2.75) is 63.8 Å². The average Bonchev–Trinajstić information content (AvgIpc) is 2.85. The summed E-state index contributed by atoms with van der Waals surface area (Å²) in [4.78, 5) is 25.6. The number of carboxylic acids is 1. The first-order chi connectivity index (χ1) is 10.0.